The Balaban J connectivity index is 1.92. The van der Waals surface area contributed by atoms with Gasteiger partial charge in [0, 0.05) is 18.3 Å². The number of para-hydroxylation sites is 2. The predicted octanol–water partition coefficient (Wildman–Crippen LogP) is 2.56. The van der Waals surface area contributed by atoms with Crippen LogP contribution < -0.4 is 15.0 Å². The van der Waals surface area contributed by atoms with Crippen LogP contribution in [0.2, 0.25) is 0 Å². The van der Waals surface area contributed by atoms with Gasteiger partial charge in [-0.15, -0.1) is 0 Å². The molecule has 0 saturated carbocycles. The largest absolute Gasteiger partial charge is 0.492 e. The zero-order valence-electron chi connectivity index (χ0n) is 13.5. The summed E-state index contributed by atoms with van der Waals surface area (Å²) in [5.41, 5.74) is 1.90. The summed E-state index contributed by atoms with van der Waals surface area (Å²) in [4.78, 5) is 14.2. The van der Waals surface area contributed by atoms with Gasteiger partial charge in [0.25, 0.3) is 5.91 Å². The lowest BCUT2D eigenvalue weighted by molar-refractivity contribution is -0.113. The molecule has 0 unspecified atom stereocenters. The van der Waals surface area contributed by atoms with E-state index in [9.17, 15) is 4.79 Å². The Morgan fingerprint density at radius 2 is 2.12 bits per heavy atom. The molecule has 1 fully saturated rings. The van der Waals surface area contributed by atoms with E-state index in [1.807, 2.05) is 44.3 Å². The first-order valence-corrected chi connectivity index (χ1v) is 8.16. The highest BCUT2D eigenvalue weighted by molar-refractivity contribution is 7.80. The van der Waals surface area contributed by atoms with Crippen LogP contribution in [0.25, 0.3) is 6.08 Å². The highest BCUT2D eigenvalue weighted by Gasteiger charge is 2.33. The van der Waals surface area contributed by atoms with Crippen molar-refractivity contribution in [2.24, 2.45) is 0 Å². The van der Waals surface area contributed by atoms with Crippen LogP contribution in [0, 0.1) is 0 Å². The summed E-state index contributed by atoms with van der Waals surface area (Å²) < 4.78 is 7.40. The van der Waals surface area contributed by atoms with Gasteiger partial charge in [0.1, 0.15) is 11.4 Å². The number of amides is 1. The SMILES string of the molecule is CCOc1ccccc1N1C(=O)/C(=C\c2cnn(CC)c2)NC1=S. The van der Waals surface area contributed by atoms with E-state index < -0.39 is 0 Å². The van der Waals surface area contributed by atoms with Gasteiger partial charge >= 0.3 is 0 Å². The van der Waals surface area contributed by atoms with Crippen molar-refractivity contribution in [3.63, 3.8) is 0 Å². The van der Waals surface area contributed by atoms with E-state index >= 15 is 0 Å². The maximum absolute atomic E-state index is 12.8. The first-order chi connectivity index (χ1) is 11.6. The van der Waals surface area contributed by atoms with Gasteiger partial charge in [0.15, 0.2) is 5.11 Å². The van der Waals surface area contributed by atoms with Crippen molar-refractivity contribution in [3.05, 3.63) is 47.9 Å². The molecule has 0 radical (unpaired) electrons. The fraction of sp³-hybridized carbons (Fsp3) is 0.235. The van der Waals surface area contributed by atoms with Gasteiger partial charge in [-0.2, -0.15) is 5.10 Å². The van der Waals surface area contributed by atoms with Gasteiger partial charge in [0.05, 0.1) is 18.5 Å². The molecule has 1 aliphatic heterocycles. The molecule has 1 aromatic carbocycles. The number of thiocarbonyl (C=S) groups is 1. The Kier molecular flexibility index (Phi) is 4.61. The van der Waals surface area contributed by atoms with Crippen LogP contribution >= 0.6 is 12.2 Å². The molecule has 1 aliphatic rings. The number of rotatable bonds is 5. The molecule has 1 N–H and O–H groups in total. The Morgan fingerprint density at radius 3 is 2.83 bits per heavy atom. The maximum atomic E-state index is 12.8. The Bertz CT molecular complexity index is 812. The highest BCUT2D eigenvalue weighted by Crippen LogP contribution is 2.31. The minimum Gasteiger partial charge on any atom is -0.492 e. The van der Waals surface area contributed by atoms with Crippen molar-refractivity contribution in [1.82, 2.24) is 15.1 Å². The monoisotopic (exact) mass is 342 g/mol. The van der Waals surface area contributed by atoms with Gasteiger partial charge in [-0.3, -0.25) is 9.48 Å². The summed E-state index contributed by atoms with van der Waals surface area (Å²) in [7, 11) is 0. The number of hydrogen-bond donors (Lipinski definition) is 1. The summed E-state index contributed by atoms with van der Waals surface area (Å²) in [5, 5.41) is 7.51. The molecule has 0 spiro atoms. The number of aryl methyl sites for hydroxylation is 1. The van der Waals surface area contributed by atoms with Crippen molar-refractivity contribution in [2.45, 2.75) is 20.4 Å². The standard InChI is InChI=1S/C17H18N4O2S/c1-3-20-11-12(10-18-20)9-13-16(22)21(17(24)19-13)14-7-5-6-8-15(14)23-4-2/h5-11H,3-4H2,1-2H3,(H,19,24)/b13-9+. The number of benzene rings is 1. The smallest absolute Gasteiger partial charge is 0.281 e. The summed E-state index contributed by atoms with van der Waals surface area (Å²) in [5.74, 6) is 0.411. The third-order valence-electron chi connectivity index (χ3n) is 3.57. The molecule has 2 aromatic rings. The van der Waals surface area contributed by atoms with E-state index in [2.05, 4.69) is 10.4 Å². The van der Waals surface area contributed by atoms with Crippen molar-refractivity contribution >= 4 is 35.0 Å². The molecule has 124 valence electrons. The maximum Gasteiger partial charge on any atom is 0.281 e. The number of hydrogen-bond acceptors (Lipinski definition) is 4. The molecule has 1 amide bonds. The average Bonchev–Trinajstić information content (AvgIpc) is 3.14. The van der Waals surface area contributed by atoms with Crippen LogP contribution in [0.3, 0.4) is 0 Å². The fourth-order valence-electron chi connectivity index (χ4n) is 2.47. The molecular weight excluding hydrogens is 324 g/mol. The Hall–Kier alpha value is -2.67. The molecule has 7 heteroatoms. The second kappa shape index (κ2) is 6.84. The molecule has 1 aromatic heterocycles. The van der Waals surface area contributed by atoms with E-state index in [0.29, 0.717) is 28.9 Å². The normalized spacial score (nSPS) is 15.9. The van der Waals surface area contributed by atoms with Crippen LogP contribution in [0.15, 0.2) is 42.4 Å². The second-order valence-corrected chi connectivity index (χ2v) is 5.55. The molecule has 0 atom stereocenters. The first kappa shape index (κ1) is 16.2. The number of anilines is 1. The zero-order valence-corrected chi connectivity index (χ0v) is 14.3. The van der Waals surface area contributed by atoms with Gasteiger partial charge < -0.3 is 10.1 Å². The molecule has 1 saturated heterocycles. The van der Waals surface area contributed by atoms with E-state index in [1.54, 1.807) is 17.0 Å². The van der Waals surface area contributed by atoms with Gasteiger partial charge in [0.2, 0.25) is 0 Å². The lowest BCUT2D eigenvalue weighted by atomic mass is 10.2. The quantitative estimate of drug-likeness (QED) is 0.668. The first-order valence-electron chi connectivity index (χ1n) is 7.75. The summed E-state index contributed by atoms with van der Waals surface area (Å²) in [6, 6.07) is 7.35. The minimum atomic E-state index is -0.212. The Labute approximate surface area is 145 Å². The van der Waals surface area contributed by atoms with Crippen molar-refractivity contribution in [2.75, 3.05) is 11.5 Å². The zero-order chi connectivity index (χ0) is 17.1. The van der Waals surface area contributed by atoms with E-state index in [1.165, 1.54) is 4.90 Å². The molecule has 2 heterocycles. The fourth-order valence-corrected chi connectivity index (χ4v) is 2.76. The highest BCUT2D eigenvalue weighted by atomic mass is 32.1. The summed E-state index contributed by atoms with van der Waals surface area (Å²) in [6.45, 7) is 5.19. The lowest BCUT2D eigenvalue weighted by Gasteiger charge is -2.17. The second-order valence-electron chi connectivity index (χ2n) is 5.16. The summed E-state index contributed by atoms with van der Waals surface area (Å²) >= 11 is 5.34. The van der Waals surface area contributed by atoms with Gasteiger partial charge in [-0.25, -0.2) is 4.90 Å². The van der Waals surface area contributed by atoms with Crippen LogP contribution in [0.4, 0.5) is 5.69 Å². The van der Waals surface area contributed by atoms with Crippen LogP contribution in [0.5, 0.6) is 5.75 Å². The topological polar surface area (TPSA) is 59.4 Å². The number of nitrogens with zero attached hydrogens (tertiary/aromatic N) is 3. The number of ether oxygens (including phenoxy) is 1. The number of carbonyl (C=O) groups is 1. The van der Waals surface area contributed by atoms with Crippen LogP contribution in [0.1, 0.15) is 19.4 Å². The van der Waals surface area contributed by atoms with Gasteiger partial charge in [-0.05, 0) is 44.3 Å². The molecule has 24 heavy (non-hydrogen) atoms. The van der Waals surface area contributed by atoms with Crippen LogP contribution in [-0.4, -0.2) is 27.4 Å². The minimum absolute atomic E-state index is 0.212. The molecule has 3 rings (SSSR count). The Morgan fingerprint density at radius 1 is 1.33 bits per heavy atom. The van der Waals surface area contributed by atoms with E-state index in [-0.39, 0.29) is 5.91 Å². The van der Waals surface area contributed by atoms with Crippen molar-refractivity contribution in [3.8, 4) is 5.75 Å². The van der Waals surface area contributed by atoms with E-state index in [0.717, 1.165) is 12.1 Å². The molecule has 6 nitrogen and oxygen atoms in total. The lowest BCUT2D eigenvalue weighted by Crippen LogP contribution is -2.30. The van der Waals surface area contributed by atoms with E-state index in [4.69, 9.17) is 17.0 Å². The predicted molar refractivity (Wildman–Crippen MR) is 96.7 cm³/mol. The van der Waals surface area contributed by atoms with Crippen LogP contribution in [-0.2, 0) is 11.3 Å². The number of nitrogens with one attached hydrogen (secondary N) is 1. The molecule has 0 aliphatic carbocycles. The van der Waals surface area contributed by atoms with Gasteiger partial charge in [-0.1, -0.05) is 12.1 Å². The average molecular weight is 342 g/mol. The summed E-state index contributed by atoms with van der Waals surface area (Å²) in [6.07, 6.45) is 5.34. The number of aromatic nitrogens is 2. The number of carbonyl (C=O) groups excluding carboxylic acids is 1. The van der Waals surface area contributed by atoms with Crippen molar-refractivity contribution in [1.29, 1.82) is 0 Å². The third kappa shape index (κ3) is 3.03. The molecular formula is C17H18N4O2S. The molecule has 0 bridgehead atoms. The van der Waals surface area contributed by atoms with Crippen molar-refractivity contribution < 1.29 is 9.53 Å². The third-order valence-corrected chi connectivity index (χ3v) is 3.86.